The first kappa shape index (κ1) is 21.3. The predicted octanol–water partition coefficient (Wildman–Crippen LogP) is 3.05. The van der Waals surface area contributed by atoms with Crippen LogP contribution in [0.1, 0.15) is 37.3 Å². The molecule has 1 heterocycles. The average Bonchev–Trinajstić information content (AvgIpc) is 3.03. The molecule has 148 valence electrons. The molecule has 1 aromatic carbocycles. The van der Waals surface area contributed by atoms with E-state index in [0.29, 0.717) is 25.2 Å². The van der Waals surface area contributed by atoms with E-state index in [9.17, 15) is 5.11 Å². The zero-order valence-electron chi connectivity index (χ0n) is 16.1. The number of hydrogen-bond donors (Lipinski definition) is 1. The minimum atomic E-state index is -0.436. The van der Waals surface area contributed by atoms with E-state index in [2.05, 4.69) is 24.0 Å². The van der Waals surface area contributed by atoms with Gasteiger partial charge in [0.1, 0.15) is 0 Å². The number of nitrogens with zero attached hydrogens (tertiary/aromatic N) is 1. The molecule has 0 bridgehead atoms. The maximum absolute atomic E-state index is 10.4. The van der Waals surface area contributed by atoms with Crippen LogP contribution in [0.2, 0.25) is 0 Å². The highest BCUT2D eigenvalue weighted by molar-refractivity contribution is 5.85. The largest absolute Gasteiger partial charge is 0.493 e. The monoisotopic (exact) mass is 385 g/mol. The molecule has 1 N–H and O–H groups in total. The van der Waals surface area contributed by atoms with E-state index in [4.69, 9.17) is 14.2 Å². The highest BCUT2D eigenvalue weighted by Gasteiger charge is 2.26. The van der Waals surface area contributed by atoms with Crippen LogP contribution in [0.3, 0.4) is 0 Å². The van der Waals surface area contributed by atoms with Crippen LogP contribution < -0.4 is 9.47 Å². The summed E-state index contributed by atoms with van der Waals surface area (Å²) in [6.45, 7) is 5.10. The van der Waals surface area contributed by atoms with Gasteiger partial charge in [-0.05, 0) is 48.4 Å². The fraction of sp³-hybridized carbons (Fsp3) is 0.700. The van der Waals surface area contributed by atoms with Crippen LogP contribution >= 0.6 is 12.4 Å². The van der Waals surface area contributed by atoms with Gasteiger partial charge < -0.3 is 19.3 Å². The van der Waals surface area contributed by atoms with Crippen LogP contribution in [0, 0.1) is 5.92 Å². The third-order valence-electron chi connectivity index (χ3n) is 5.55. The van der Waals surface area contributed by atoms with Gasteiger partial charge in [0.25, 0.3) is 0 Å². The van der Waals surface area contributed by atoms with E-state index in [0.717, 1.165) is 37.4 Å². The molecule has 1 fully saturated rings. The van der Waals surface area contributed by atoms with Crippen LogP contribution in [-0.2, 0) is 17.7 Å². The van der Waals surface area contributed by atoms with Crippen molar-refractivity contribution in [2.75, 3.05) is 33.9 Å². The van der Waals surface area contributed by atoms with Crippen molar-refractivity contribution in [1.29, 1.82) is 0 Å². The van der Waals surface area contributed by atoms with Gasteiger partial charge in [0, 0.05) is 19.6 Å². The van der Waals surface area contributed by atoms with Gasteiger partial charge >= 0.3 is 0 Å². The molecule has 0 spiro atoms. The maximum atomic E-state index is 10.4. The Morgan fingerprint density at radius 2 is 1.85 bits per heavy atom. The topological polar surface area (TPSA) is 51.2 Å². The fourth-order valence-electron chi connectivity index (χ4n) is 4.04. The summed E-state index contributed by atoms with van der Waals surface area (Å²) in [4.78, 5) is 2.29. The van der Waals surface area contributed by atoms with E-state index < -0.39 is 6.10 Å². The molecule has 26 heavy (non-hydrogen) atoms. The molecule has 0 radical (unpaired) electrons. The number of β-amino-alcohol motifs (C(OH)–C–C–N with tert-alkyl or cyclic N) is 1. The van der Waals surface area contributed by atoms with Crippen LogP contribution in [0.5, 0.6) is 11.5 Å². The molecule has 0 saturated heterocycles. The molecule has 1 saturated carbocycles. The molecule has 0 aromatic heterocycles. The molecule has 1 aliphatic carbocycles. The number of hydrogen-bond acceptors (Lipinski definition) is 5. The number of aliphatic hydroxyl groups excluding tert-OH is 1. The molecule has 1 aromatic rings. The smallest absolute Gasteiger partial charge is 0.161 e. The summed E-state index contributed by atoms with van der Waals surface area (Å²) in [6, 6.07) is 4.13. The van der Waals surface area contributed by atoms with Crippen LogP contribution in [0.25, 0.3) is 0 Å². The summed E-state index contributed by atoms with van der Waals surface area (Å²) in [6.07, 6.45) is 4.48. The van der Waals surface area contributed by atoms with Crippen molar-refractivity contribution in [3.63, 3.8) is 0 Å². The normalized spacial score (nSPS) is 23.8. The zero-order chi connectivity index (χ0) is 17.8. The second-order valence-electron chi connectivity index (χ2n) is 7.39. The average molecular weight is 386 g/mol. The van der Waals surface area contributed by atoms with E-state index in [-0.39, 0.29) is 12.4 Å². The molecule has 0 amide bonds. The van der Waals surface area contributed by atoms with Gasteiger partial charge in [0.15, 0.2) is 11.5 Å². The highest BCUT2D eigenvalue weighted by atomic mass is 35.5. The Kier molecular flexibility index (Phi) is 8.02. The summed E-state index contributed by atoms with van der Waals surface area (Å²) < 4.78 is 16.7. The van der Waals surface area contributed by atoms with Gasteiger partial charge in [-0.3, -0.25) is 4.90 Å². The quantitative estimate of drug-likeness (QED) is 0.781. The van der Waals surface area contributed by atoms with Crippen LogP contribution in [-0.4, -0.2) is 56.1 Å². The lowest BCUT2D eigenvalue weighted by molar-refractivity contribution is -0.0329. The Hall–Kier alpha value is -1.01. The fourth-order valence-corrected chi connectivity index (χ4v) is 4.04. The lowest BCUT2D eigenvalue weighted by Gasteiger charge is -2.31. The second-order valence-corrected chi connectivity index (χ2v) is 7.39. The molecule has 3 unspecified atom stereocenters. The van der Waals surface area contributed by atoms with Gasteiger partial charge in [0.2, 0.25) is 0 Å². The molecule has 5 nitrogen and oxygen atoms in total. The van der Waals surface area contributed by atoms with E-state index in [1.54, 1.807) is 14.2 Å². The van der Waals surface area contributed by atoms with Crippen molar-refractivity contribution in [3.8, 4) is 11.5 Å². The number of halogens is 1. The molecule has 2 aliphatic rings. The number of benzene rings is 1. The number of aliphatic hydroxyl groups is 1. The number of fused-ring (bicyclic) bond motifs is 1. The van der Waals surface area contributed by atoms with Crippen molar-refractivity contribution in [3.05, 3.63) is 23.3 Å². The molecule has 6 heteroatoms. The van der Waals surface area contributed by atoms with Gasteiger partial charge in [-0.15, -0.1) is 12.4 Å². The summed E-state index contributed by atoms with van der Waals surface area (Å²) in [5.74, 6) is 2.17. The SMILES string of the molecule is COc1cc2c(cc1OC)CN(CC(O)COC1CCCC1C)CC2.Cl. The molecule has 3 atom stereocenters. The van der Waals surface area contributed by atoms with Gasteiger partial charge in [-0.25, -0.2) is 0 Å². The zero-order valence-corrected chi connectivity index (χ0v) is 16.9. The van der Waals surface area contributed by atoms with Crippen LogP contribution in [0.4, 0.5) is 0 Å². The van der Waals surface area contributed by atoms with Crippen LogP contribution in [0.15, 0.2) is 12.1 Å². The van der Waals surface area contributed by atoms with E-state index in [1.807, 2.05) is 0 Å². The van der Waals surface area contributed by atoms with Gasteiger partial charge in [-0.2, -0.15) is 0 Å². The first-order valence-electron chi connectivity index (χ1n) is 9.36. The Morgan fingerprint density at radius 1 is 1.15 bits per heavy atom. The van der Waals surface area contributed by atoms with E-state index in [1.165, 1.54) is 24.0 Å². The summed E-state index contributed by atoms with van der Waals surface area (Å²) >= 11 is 0. The van der Waals surface area contributed by atoms with Crippen molar-refractivity contribution in [2.24, 2.45) is 5.92 Å². The van der Waals surface area contributed by atoms with Gasteiger partial charge in [0.05, 0.1) is 33.0 Å². The Balaban J connectivity index is 0.00000243. The molecule has 3 rings (SSSR count). The molecule has 1 aliphatic heterocycles. The number of methoxy groups -OCH3 is 2. The lowest BCUT2D eigenvalue weighted by atomic mass is 9.98. The van der Waals surface area contributed by atoms with Crippen molar-refractivity contribution >= 4 is 12.4 Å². The van der Waals surface area contributed by atoms with Crippen molar-refractivity contribution in [2.45, 2.75) is 51.4 Å². The van der Waals surface area contributed by atoms with Crippen molar-refractivity contribution < 1.29 is 19.3 Å². The Labute approximate surface area is 163 Å². The van der Waals surface area contributed by atoms with Crippen molar-refractivity contribution in [1.82, 2.24) is 4.90 Å². The predicted molar refractivity (Wildman–Crippen MR) is 105 cm³/mol. The second kappa shape index (κ2) is 9.79. The number of ether oxygens (including phenoxy) is 3. The Morgan fingerprint density at radius 3 is 2.46 bits per heavy atom. The van der Waals surface area contributed by atoms with E-state index >= 15 is 0 Å². The molecular formula is C20H32ClNO4. The summed E-state index contributed by atoms with van der Waals surface area (Å²) in [5.41, 5.74) is 2.56. The third-order valence-corrected chi connectivity index (χ3v) is 5.55. The lowest BCUT2D eigenvalue weighted by Crippen LogP contribution is -2.39. The number of rotatable bonds is 7. The first-order chi connectivity index (χ1) is 12.1. The van der Waals surface area contributed by atoms with Gasteiger partial charge in [-0.1, -0.05) is 13.3 Å². The standard InChI is InChI=1S/C20H31NO4.ClH/c1-14-5-4-6-18(14)25-13-17(22)12-21-8-7-15-9-19(23-2)20(24-3)10-16(15)11-21;/h9-10,14,17-18,22H,4-8,11-13H2,1-3H3;1H. The maximum Gasteiger partial charge on any atom is 0.161 e. The third kappa shape index (κ3) is 5.03. The summed E-state index contributed by atoms with van der Waals surface area (Å²) in [5, 5.41) is 10.4. The highest BCUT2D eigenvalue weighted by Crippen LogP contribution is 2.33. The summed E-state index contributed by atoms with van der Waals surface area (Å²) in [7, 11) is 3.33. The first-order valence-corrected chi connectivity index (χ1v) is 9.36. The Bertz CT molecular complexity index is 583. The minimum absolute atomic E-state index is 0. The molecular weight excluding hydrogens is 354 g/mol. The minimum Gasteiger partial charge on any atom is -0.493 e.